The summed E-state index contributed by atoms with van der Waals surface area (Å²) in [6.07, 6.45) is 5.47. The van der Waals surface area contributed by atoms with E-state index in [0.29, 0.717) is 21.9 Å². The number of aromatic nitrogens is 1. The predicted molar refractivity (Wildman–Crippen MR) is 90.9 cm³/mol. The third kappa shape index (κ3) is 4.77. The SMILES string of the molecule is C[C@H]1[C@@H](NC(=O)[C@@H](C)OC(=O)c2cncc(Br)c2)CCC[C@@H]1C. The average Bonchev–Trinajstić information content (AvgIpc) is 2.51. The van der Waals surface area contributed by atoms with Gasteiger partial charge in [0.2, 0.25) is 0 Å². The summed E-state index contributed by atoms with van der Waals surface area (Å²) in [5, 5.41) is 3.03. The molecule has 0 spiro atoms. The van der Waals surface area contributed by atoms with Crippen molar-refractivity contribution in [2.45, 2.75) is 52.2 Å². The Morgan fingerprint density at radius 1 is 1.35 bits per heavy atom. The van der Waals surface area contributed by atoms with E-state index in [9.17, 15) is 9.59 Å². The number of rotatable bonds is 4. The first kappa shape index (κ1) is 17.9. The molecular formula is C17H23BrN2O3. The van der Waals surface area contributed by atoms with Gasteiger partial charge in [-0.25, -0.2) is 4.79 Å². The van der Waals surface area contributed by atoms with Crippen LogP contribution in [0.1, 0.15) is 50.4 Å². The second-order valence-corrected chi connectivity index (χ2v) is 7.24. The lowest BCUT2D eigenvalue weighted by atomic mass is 9.78. The molecule has 1 aromatic rings. The number of nitrogens with zero attached hydrogens (tertiary/aromatic N) is 1. The lowest BCUT2D eigenvalue weighted by molar-refractivity contribution is -0.130. The molecule has 4 atom stereocenters. The number of hydrogen-bond donors (Lipinski definition) is 1. The fourth-order valence-electron chi connectivity index (χ4n) is 2.89. The Labute approximate surface area is 145 Å². The van der Waals surface area contributed by atoms with Gasteiger partial charge in [0.15, 0.2) is 6.10 Å². The summed E-state index contributed by atoms with van der Waals surface area (Å²) in [5.74, 6) is 0.239. The van der Waals surface area contributed by atoms with Gasteiger partial charge in [-0.1, -0.05) is 26.7 Å². The Balaban J connectivity index is 1.91. The molecule has 1 N–H and O–H groups in total. The van der Waals surface area contributed by atoms with Crippen LogP contribution in [-0.2, 0) is 9.53 Å². The molecule has 6 heteroatoms. The van der Waals surface area contributed by atoms with Gasteiger partial charge in [-0.2, -0.15) is 0 Å². The number of hydrogen-bond acceptors (Lipinski definition) is 4. The minimum Gasteiger partial charge on any atom is -0.449 e. The standard InChI is InChI=1S/C17H23BrN2O3/c1-10-5-4-6-15(11(10)2)20-16(21)12(3)23-17(22)13-7-14(18)9-19-8-13/h7-12,15H,4-6H2,1-3H3,(H,20,21)/t10-,11+,12+,15-/m0/s1. The Morgan fingerprint density at radius 3 is 2.78 bits per heavy atom. The first-order valence-corrected chi connectivity index (χ1v) is 8.79. The van der Waals surface area contributed by atoms with Crippen molar-refractivity contribution in [3.8, 4) is 0 Å². The molecule has 0 aliphatic heterocycles. The zero-order valence-electron chi connectivity index (χ0n) is 13.7. The molecule has 0 radical (unpaired) electrons. The van der Waals surface area contributed by atoms with Crippen molar-refractivity contribution in [2.24, 2.45) is 11.8 Å². The molecule has 1 aromatic heterocycles. The summed E-state index contributed by atoms with van der Waals surface area (Å²) in [7, 11) is 0. The number of carbonyl (C=O) groups is 2. The second-order valence-electron chi connectivity index (χ2n) is 6.32. The van der Waals surface area contributed by atoms with Crippen LogP contribution in [0.3, 0.4) is 0 Å². The first-order valence-electron chi connectivity index (χ1n) is 8.00. The van der Waals surface area contributed by atoms with Crippen LogP contribution in [0.25, 0.3) is 0 Å². The fraction of sp³-hybridized carbons (Fsp3) is 0.588. The number of amides is 1. The van der Waals surface area contributed by atoms with Crippen LogP contribution in [0.15, 0.2) is 22.9 Å². The Bertz CT molecular complexity index is 579. The fourth-order valence-corrected chi connectivity index (χ4v) is 3.26. The minimum absolute atomic E-state index is 0.153. The molecular weight excluding hydrogens is 360 g/mol. The van der Waals surface area contributed by atoms with E-state index in [0.717, 1.165) is 12.8 Å². The van der Waals surface area contributed by atoms with Crippen LogP contribution in [0, 0.1) is 11.8 Å². The largest absolute Gasteiger partial charge is 0.449 e. The van der Waals surface area contributed by atoms with E-state index < -0.39 is 12.1 Å². The van der Waals surface area contributed by atoms with Crippen molar-refractivity contribution >= 4 is 27.8 Å². The van der Waals surface area contributed by atoms with Crippen molar-refractivity contribution in [2.75, 3.05) is 0 Å². The number of esters is 1. The minimum atomic E-state index is -0.828. The molecule has 2 rings (SSSR count). The summed E-state index contributed by atoms with van der Waals surface area (Å²) in [6.45, 7) is 5.97. The van der Waals surface area contributed by atoms with Crippen molar-refractivity contribution in [3.63, 3.8) is 0 Å². The van der Waals surface area contributed by atoms with Gasteiger partial charge >= 0.3 is 5.97 Å². The molecule has 0 aromatic carbocycles. The summed E-state index contributed by atoms with van der Waals surface area (Å²) in [6, 6.07) is 1.77. The lowest BCUT2D eigenvalue weighted by Crippen LogP contribution is -2.47. The van der Waals surface area contributed by atoms with Gasteiger partial charge in [0.1, 0.15) is 0 Å². The highest BCUT2D eigenvalue weighted by molar-refractivity contribution is 9.10. The number of nitrogens with one attached hydrogen (secondary N) is 1. The van der Waals surface area contributed by atoms with Crippen LogP contribution in [-0.4, -0.2) is 29.0 Å². The average molecular weight is 383 g/mol. The van der Waals surface area contributed by atoms with Crippen LogP contribution >= 0.6 is 15.9 Å². The highest BCUT2D eigenvalue weighted by Gasteiger charge is 2.30. The summed E-state index contributed by atoms with van der Waals surface area (Å²) >= 11 is 3.25. The van der Waals surface area contributed by atoms with Crippen LogP contribution in [0.4, 0.5) is 0 Å². The number of halogens is 1. The normalized spacial score (nSPS) is 25.5. The summed E-state index contributed by atoms with van der Waals surface area (Å²) in [5.41, 5.74) is 0.318. The number of pyridine rings is 1. The molecule has 0 unspecified atom stereocenters. The van der Waals surface area contributed by atoms with Gasteiger partial charge < -0.3 is 10.1 Å². The first-order chi connectivity index (χ1) is 10.9. The van der Waals surface area contributed by atoms with Gasteiger partial charge in [0.05, 0.1) is 5.56 Å². The summed E-state index contributed by atoms with van der Waals surface area (Å²) in [4.78, 5) is 28.3. The van der Waals surface area contributed by atoms with Gasteiger partial charge in [-0.3, -0.25) is 9.78 Å². The Hall–Kier alpha value is -1.43. The van der Waals surface area contributed by atoms with E-state index >= 15 is 0 Å². The third-order valence-electron chi connectivity index (χ3n) is 4.63. The molecule has 23 heavy (non-hydrogen) atoms. The topological polar surface area (TPSA) is 68.3 Å². The Morgan fingerprint density at radius 2 is 2.09 bits per heavy atom. The maximum Gasteiger partial charge on any atom is 0.340 e. The monoisotopic (exact) mass is 382 g/mol. The molecule has 126 valence electrons. The molecule has 1 amide bonds. The van der Waals surface area contributed by atoms with E-state index in [4.69, 9.17) is 4.74 Å². The molecule has 1 aliphatic carbocycles. The maximum atomic E-state index is 12.3. The van der Waals surface area contributed by atoms with E-state index in [1.165, 1.54) is 12.6 Å². The lowest BCUT2D eigenvalue weighted by Gasteiger charge is -2.35. The van der Waals surface area contributed by atoms with Crippen LogP contribution < -0.4 is 5.32 Å². The second kappa shape index (κ2) is 7.90. The zero-order chi connectivity index (χ0) is 17.0. The zero-order valence-corrected chi connectivity index (χ0v) is 15.3. The molecule has 1 aliphatic rings. The van der Waals surface area contributed by atoms with Crippen LogP contribution in [0.5, 0.6) is 0 Å². The van der Waals surface area contributed by atoms with Gasteiger partial charge in [0.25, 0.3) is 5.91 Å². The predicted octanol–water partition coefficient (Wildman–Crippen LogP) is 3.33. The molecule has 1 heterocycles. The number of ether oxygens (including phenoxy) is 1. The molecule has 0 saturated heterocycles. The molecule has 5 nitrogen and oxygen atoms in total. The quantitative estimate of drug-likeness (QED) is 0.810. The molecule has 1 fully saturated rings. The molecule has 1 saturated carbocycles. The van der Waals surface area contributed by atoms with Gasteiger partial charge in [0, 0.05) is 22.9 Å². The Kier molecular flexibility index (Phi) is 6.16. The third-order valence-corrected chi connectivity index (χ3v) is 5.06. The van der Waals surface area contributed by atoms with Crippen molar-refractivity contribution in [1.29, 1.82) is 0 Å². The van der Waals surface area contributed by atoms with Gasteiger partial charge in [-0.05, 0) is 47.2 Å². The highest BCUT2D eigenvalue weighted by atomic mass is 79.9. The van der Waals surface area contributed by atoms with E-state index in [-0.39, 0.29) is 11.9 Å². The van der Waals surface area contributed by atoms with Crippen molar-refractivity contribution in [3.05, 3.63) is 28.5 Å². The smallest absolute Gasteiger partial charge is 0.340 e. The van der Waals surface area contributed by atoms with E-state index in [1.54, 1.807) is 19.2 Å². The van der Waals surface area contributed by atoms with Crippen molar-refractivity contribution < 1.29 is 14.3 Å². The summed E-state index contributed by atoms with van der Waals surface area (Å²) < 4.78 is 5.93. The van der Waals surface area contributed by atoms with Gasteiger partial charge in [-0.15, -0.1) is 0 Å². The maximum absolute atomic E-state index is 12.3. The molecule has 0 bridgehead atoms. The highest BCUT2D eigenvalue weighted by Crippen LogP contribution is 2.29. The number of carbonyl (C=O) groups excluding carboxylic acids is 2. The van der Waals surface area contributed by atoms with Crippen LogP contribution in [0.2, 0.25) is 0 Å². The van der Waals surface area contributed by atoms with E-state index in [2.05, 4.69) is 40.1 Å². The van der Waals surface area contributed by atoms with Crippen molar-refractivity contribution in [1.82, 2.24) is 10.3 Å². The van der Waals surface area contributed by atoms with E-state index in [1.807, 2.05) is 0 Å².